The molecule has 2 atom stereocenters. The molecule has 120 valence electrons. The fraction of sp³-hybridized carbons (Fsp3) is 0.529. The lowest BCUT2D eigenvalue weighted by molar-refractivity contribution is -0.240. The van der Waals surface area contributed by atoms with E-state index in [1.54, 1.807) is 6.92 Å². The van der Waals surface area contributed by atoms with Crippen molar-refractivity contribution in [2.75, 3.05) is 6.61 Å². The van der Waals surface area contributed by atoms with Crippen molar-refractivity contribution in [1.29, 1.82) is 0 Å². The first-order valence-corrected chi connectivity index (χ1v) is 7.49. The predicted octanol–water partition coefficient (Wildman–Crippen LogP) is 5.09. The van der Waals surface area contributed by atoms with E-state index in [0.29, 0.717) is 5.57 Å². The smallest absolute Gasteiger partial charge is 0.310 e. The van der Waals surface area contributed by atoms with E-state index in [4.69, 9.17) is 4.74 Å². The molecule has 1 aromatic rings. The summed E-state index contributed by atoms with van der Waals surface area (Å²) >= 11 is 0. The third-order valence-electron chi connectivity index (χ3n) is 5.04. The summed E-state index contributed by atoms with van der Waals surface area (Å²) in [7, 11) is 0. The van der Waals surface area contributed by atoms with Crippen LogP contribution in [0, 0.1) is 5.82 Å². The van der Waals surface area contributed by atoms with E-state index in [2.05, 4.69) is 6.58 Å². The third-order valence-corrected chi connectivity index (χ3v) is 5.04. The van der Waals surface area contributed by atoms with Crippen LogP contribution < -0.4 is 0 Å². The molecule has 1 aromatic carbocycles. The molecule has 2 unspecified atom stereocenters. The van der Waals surface area contributed by atoms with Crippen LogP contribution in [0.4, 0.5) is 17.6 Å². The highest BCUT2D eigenvalue weighted by atomic mass is 19.3. The molecule has 2 aliphatic rings. The van der Waals surface area contributed by atoms with Crippen molar-refractivity contribution in [3.05, 3.63) is 41.2 Å². The minimum absolute atomic E-state index is 0.00449. The number of hydrogen-bond donors (Lipinski definition) is 0. The molecule has 2 aliphatic carbocycles. The Labute approximate surface area is 127 Å². The molecule has 3 rings (SSSR count). The van der Waals surface area contributed by atoms with E-state index in [1.165, 1.54) is 6.92 Å². The van der Waals surface area contributed by atoms with Crippen LogP contribution in [-0.2, 0) is 16.3 Å². The van der Waals surface area contributed by atoms with Crippen molar-refractivity contribution in [3.8, 4) is 0 Å². The summed E-state index contributed by atoms with van der Waals surface area (Å²) in [6, 6.07) is 1.95. The summed E-state index contributed by atoms with van der Waals surface area (Å²) in [6.45, 7) is 6.85. The van der Waals surface area contributed by atoms with Gasteiger partial charge in [0.1, 0.15) is 11.4 Å². The highest BCUT2D eigenvalue weighted by Gasteiger charge is 2.75. The monoisotopic (exact) mass is 314 g/mol. The summed E-state index contributed by atoms with van der Waals surface area (Å²) in [5.41, 5.74) is -4.79. The average Bonchev–Trinajstić information content (AvgIpc) is 2.62. The van der Waals surface area contributed by atoms with Gasteiger partial charge in [-0.2, -0.15) is 8.78 Å². The quantitative estimate of drug-likeness (QED) is 0.706. The van der Waals surface area contributed by atoms with E-state index >= 15 is 4.39 Å². The summed E-state index contributed by atoms with van der Waals surface area (Å²) in [4.78, 5) is 0. The summed E-state index contributed by atoms with van der Waals surface area (Å²) < 4.78 is 65.1. The predicted molar refractivity (Wildman–Crippen MR) is 76.0 cm³/mol. The summed E-state index contributed by atoms with van der Waals surface area (Å²) in [6.07, 6.45) is -0.138. The van der Waals surface area contributed by atoms with Crippen LogP contribution in [0.15, 0.2) is 18.7 Å². The molecular weight excluding hydrogens is 296 g/mol. The number of alkyl halides is 3. The fourth-order valence-corrected chi connectivity index (χ4v) is 4.06. The lowest BCUT2D eigenvalue weighted by Gasteiger charge is -2.44. The molecule has 0 fully saturated rings. The summed E-state index contributed by atoms with van der Waals surface area (Å²) in [5.74, 6) is -4.37. The zero-order valence-electron chi connectivity index (χ0n) is 12.6. The van der Waals surface area contributed by atoms with Gasteiger partial charge in [-0.1, -0.05) is 13.5 Å². The first-order chi connectivity index (χ1) is 10.3. The maximum atomic E-state index is 15.6. The van der Waals surface area contributed by atoms with Gasteiger partial charge in [0.05, 0.1) is 0 Å². The largest absolute Gasteiger partial charge is 0.367 e. The molecule has 22 heavy (non-hydrogen) atoms. The molecule has 0 saturated heterocycles. The molecule has 0 heterocycles. The second kappa shape index (κ2) is 4.57. The van der Waals surface area contributed by atoms with Gasteiger partial charge in [-0.25, -0.2) is 8.78 Å². The molecule has 0 N–H and O–H groups in total. The zero-order chi connectivity index (χ0) is 16.3. The lowest BCUT2D eigenvalue weighted by Crippen LogP contribution is -2.54. The molecular formula is C17H18F4O. The number of ether oxygens (including phenoxy) is 1. The number of benzene rings is 1. The van der Waals surface area contributed by atoms with Crippen LogP contribution in [0.25, 0.3) is 5.57 Å². The van der Waals surface area contributed by atoms with Crippen molar-refractivity contribution in [3.63, 3.8) is 0 Å². The Hall–Kier alpha value is -1.36. The van der Waals surface area contributed by atoms with E-state index in [9.17, 15) is 13.2 Å². The first-order valence-electron chi connectivity index (χ1n) is 7.49. The molecule has 0 aromatic heterocycles. The minimum atomic E-state index is -3.72. The normalized spacial score (nSPS) is 32.2. The van der Waals surface area contributed by atoms with Gasteiger partial charge < -0.3 is 4.74 Å². The maximum absolute atomic E-state index is 15.6. The van der Waals surface area contributed by atoms with Crippen molar-refractivity contribution in [2.45, 2.75) is 50.3 Å². The highest BCUT2D eigenvalue weighted by Crippen LogP contribution is 2.67. The van der Waals surface area contributed by atoms with Gasteiger partial charge in [-0.05, 0) is 43.9 Å². The van der Waals surface area contributed by atoms with Crippen LogP contribution in [0.3, 0.4) is 0 Å². The van der Waals surface area contributed by atoms with Gasteiger partial charge >= 0.3 is 5.92 Å². The van der Waals surface area contributed by atoms with Crippen molar-refractivity contribution >= 4 is 5.57 Å². The van der Waals surface area contributed by atoms with Crippen LogP contribution in [-0.4, -0.2) is 12.3 Å². The van der Waals surface area contributed by atoms with Crippen molar-refractivity contribution in [1.82, 2.24) is 0 Å². The maximum Gasteiger partial charge on any atom is 0.310 e. The van der Waals surface area contributed by atoms with Gasteiger partial charge in [-0.3, -0.25) is 0 Å². The average molecular weight is 314 g/mol. The Balaban J connectivity index is 2.44. The molecule has 0 spiro atoms. The number of allylic oxidation sites excluding steroid dienone is 1. The van der Waals surface area contributed by atoms with E-state index < -0.39 is 35.0 Å². The first kappa shape index (κ1) is 15.5. The Kier molecular flexibility index (Phi) is 3.23. The summed E-state index contributed by atoms with van der Waals surface area (Å²) in [5, 5.41) is 0. The van der Waals surface area contributed by atoms with Crippen LogP contribution >= 0.6 is 0 Å². The molecule has 0 amide bonds. The van der Waals surface area contributed by atoms with Gasteiger partial charge in [0.15, 0.2) is 0 Å². The molecule has 0 radical (unpaired) electrons. The van der Waals surface area contributed by atoms with Crippen LogP contribution in [0.1, 0.15) is 49.8 Å². The number of halogens is 4. The van der Waals surface area contributed by atoms with E-state index in [0.717, 1.165) is 12.1 Å². The molecule has 0 bridgehead atoms. The van der Waals surface area contributed by atoms with Gasteiger partial charge in [0, 0.05) is 23.3 Å². The molecule has 5 heteroatoms. The van der Waals surface area contributed by atoms with Crippen LogP contribution in [0.2, 0.25) is 0 Å². The third kappa shape index (κ3) is 1.48. The zero-order valence-corrected chi connectivity index (χ0v) is 12.6. The molecule has 0 aliphatic heterocycles. The standard InChI is InChI=1S/C17H18F4O/c1-4-16(19)15(22-5-2)9-8-10(3)13-12(18)7-6-11(14(13)15)17(16,20)21/h6-7H,3-5,8-9H2,1-2H3. The topological polar surface area (TPSA) is 9.23 Å². The Morgan fingerprint density at radius 2 is 1.91 bits per heavy atom. The SMILES string of the molecule is C=C1CCC2(OCC)c3c(ccc(F)c31)C(F)(F)C2(F)CC. The lowest BCUT2D eigenvalue weighted by atomic mass is 9.71. The Bertz CT molecular complexity index is 654. The second-order valence-electron chi connectivity index (χ2n) is 5.94. The van der Waals surface area contributed by atoms with Gasteiger partial charge in [0.2, 0.25) is 5.67 Å². The molecule has 1 nitrogen and oxygen atoms in total. The number of hydrogen-bond acceptors (Lipinski definition) is 1. The minimum Gasteiger partial charge on any atom is -0.367 e. The van der Waals surface area contributed by atoms with Gasteiger partial charge in [-0.15, -0.1) is 0 Å². The molecule has 0 saturated carbocycles. The number of rotatable bonds is 3. The highest BCUT2D eigenvalue weighted by molar-refractivity contribution is 5.74. The second-order valence-corrected chi connectivity index (χ2v) is 5.94. The Morgan fingerprint density at radius 3 is 2.50 bits per heavy atom. The fourth-order valence-electron chi connectivity index (χ4n) is 4.06. The van der Waals surface area contributed by atoms with E-state index in [-0.39, 0.29) is 30.6 Å². The van der Waals surface area contributed by atoms with Crippen molar-refractivity contribution in [2.24, 2.45) is 0 Å². The Morgan fingerprint density at radius 1 is 1.23 bits per heavy atom. The van der Waals surface area contributed by atoms with Gasteiger partial charge in [0.25, 0.3) is 0 Å². The van der Waals surface area contributed by atoms with Crippen LogP contribution in [0.5, 0.6) is 0 Å². The van der Waals surface area contributed by atoms with Crippen molar-refractivity contribution < 1.29 is 22.3 Å². The van der Waals surface area contributed by atoms with E-state index in [1.807, 2.05) is 0 Å².